The van der Waals surface area contributed by atoms with Crippen molar-refractivity contribution in [3.05, 3.63) is 76.8 Å². The lowest BCUT2D eigenvalue weighted by Crippen LogP contribution is -2.09. The highest BCUT2D eigenvalue weighted by atomic mass is 16.5. The summed E-state index contributed by atoms with van der Waals surface area (Å²) >= 11 is 0. The van der Waals surface area contributed by atoms with E-state index in [1.54, 1.807) is 6.92 Å². The smallest absolute Gasteiger partial charge is 0.336 e. The van der Waals surface area contributed by atoms with E-state index in [0.717, 1.165) is 22.6 Å². The fourth-order valence-corrected chi connectivity index (χ4v) is 2.79. The van der Waals surface area contributed by atoms with Crippen molar-refractivity contribution >= 4 is 11.5 Å². The molecule has 0 atom stereocenters. The number of esters is 1. The van der Waals surface area contributed by atoms with Gasteiger partial charge in [-0.05, 0) is 70.0 Å². The maximum Gasteiger partial charge on any atom is 0.336 e. The quantitative estimate of drug-likeness (QED) is 0.337. The third kappa shape index (κ3) is 6.11. The number of ether oxygens (including phenoxy) is 3. The van der Waals surface area contributed by atoms with Crippen LogP contribution in [0, 0.1) is 6.57 Å². The molecule has 0 fully saturated rings. The zero-order chi connectivity index (χ0) is 21.4. The van der Waals surface area contributed by atoms with Gasteiger partial charge < -0.3 is 14.2 Å². The minimum Gasteiger partial charge on any atom is -0.491 e. The maximum atomic E-state index is 12.4. The second-order valence-electron chi connectivity index (χ2n) is 6.94. The minimum atomic E-state index is -0.637. The van der Waals surface area contributed by atoms with Crippen LogP contribution in [-0.2, 0) is 9.53 Å². The van der Waals surface area contributed by atoms with Crippen LogP contribution in [0.25, 0.3) is 10.4 Å². The Morgan fingerprint density at radius 2 is 1.28 bits per heavy atom. The van der Waals surface area contributed by atoms with Gasteiger partial charge in [0.05, 0.1) is 25.4 Å². The largest absolute Gasteiger partial charge is 0.491 e. The van der Waals surface area contributed by atoms with Crippen molar-refractivity contribution in [2.24, 2.45) is 0 Å². The molecule has 0 unspecified atom stereocenters. The van der Waals surface area contributed by atoms with Crippen molar-refractivity contribution in [1.29, 1.82) is 0 Å². The van der Waals surface area contributed by atoms with E-state index < -0.39 is 5.97 Å². The van der Waals surface area contributed by atoms with E-state index in [2.05, 4.69) is 4.85 Å². The Morgan fingerprint density at radius 1 is 0.862 bits per heavy atom. The van der Waals surface area contributed by atoms with Crippen LogP contribution in [0.4, 0.5) is 0 Å². The summed E-state index contributed by atoms with van der Waals surface area (Å²) in [5, 5.41) is 0. The van der Waals surface area contributed by atoms with Crippen LogP contribution >= 0.6 is 0 Å². The second kappa shape index (κ2) is 10.3. The number of benzene rings is 2. The van der Waals surface area contributed by atoms with Crippen LogP contribution in [0.15, 0.2) is 54.2 Å². The number of carbonyl (C=O) groups excluding carboxylic acids is 1. The maximum absolute atomic E-state index is 12.4. The first-order chi connectivity index (χ1) is 13.8. The van der Waals surface area contributed by atoms with Gasteiger partial charge in [0.2, 0.25) is 0 Å². The number of rotatable bonds is 8. The lowest BCUT2D eigenvalue weighted by Gasteiger charge is -2.15. The molecule has 0 heterocycles. The first-order valence-corrected chi connectivity index (χ1v) is 9.68. The van der Waals surface area contributed by atoms with E-state index in [-0.39, 0.29) is 24.5 Å². The summed E-state index contributed by atoms with van der Waals surface area (Å²) in [6.07, 6.45) is 0.116. The van der Waals surface area contributed by atoms with Crippen LogP contribution in [0.3, 0.4) is 0 Å². The molecule has 2 aromatic carbocycles. The van der Waals surface area contributed by atoms with Gasteiger partial charge in [0, 0.05) is 5.57 Å². The summed E-state index contributed by atoms with van der Waals surface area (Å²) in [7, 11) is 0. The highest BCUT2D eigenvalue weighted by Crippen LogP contribution is 2.31. The topological polar surface area (TPSA) is 49.1 Å². The molecule has 0 aliphatic heterocycles. The summed E-state index contributed by atoms with van der Waals surface area (Å²) in [6, 6.07) is 14.7. The Hall–Kier alpha value is -3.26. The fourth-order valence-electron chi connectivity index (χ4n) is 2.79. The normalized spacial score (nSPS) is 10.4. The van der Waals surface area contributed by atoms with Crippen molar-refractivity contribution in [1.82, 2.24) is 0 Å². The van der Waals surface area contributed by atoms with Gasteiger partial charge in [0.25, 0.3) is 5.70 Å². The molecule has 0 spiro atoms. The highest BCUT2D eigenvalue weighted by molar-refractivity contribution is 6.03. The third-order valence-electron chi connectivity index (χ3n) is 3.85. The Balaban J connectivity index is 2.54. The van der Waals surface area contributed by atoms with Crippen LogP contribution < -0.4 is 9.47 Å². The summed E-state index contributed by atoms with van der Waals surface area (Å²) < 4.78 is 16.5. The standard InChI is InChI=1S/C24H27NO4/c1-7-27-24(26)23(25-6)22(18-8-12-20(13-9-18)28-16(2)3)19-10-14-21(15-11-19)29-17(4)5/h8-17H,7H2,1-5H3. The molecule has 0 aliphatic rings. The molecule has 0 saturated heterocycles. The lowest BCUT2D eigenvalue weighted by atomic mass is 9.95. The number of nitrogens with zero attached hydrogens (tertiary/aromatic N) is 1. The summed E-state index contributed by atoms with van der Waals surface area (Å²) in [5.74, 6) is 0.816. The van der Waals surface area contributed by atoms with Gasteiger partial charge in [-0.15, -0.1) is 0 Å². The van der Waals surface area contributed by atoms with Gasteiger partial charge in [-0.25, -0.2) is 4.85 Å². The second-order valence-corrected chi connectivity index (χ2v) is 6.94. The van der Waals surface area contributed by atoms with E-state index in [4.69, 9.17) is 20.8 Å². The molecule has 2 rings (SSSR count). The Bertz CT molecular complexity index is 832. The van der Waals surface area contributed by atoms with E-state index >= 15 is 0 Å². The van der Waals surface area contributed by atoms with E-state index in [0.29, 0.717) is 5.57 Å². The molecule has 152 valence electrons. The Morgan fingerprint density at radius 3 is 1.59 bits per heavy atom. The van der Waals surface area contributed by atoms with Gasteiger partial charge in [0.1, 0.15) is 11.5 Å². The fraction of sp³-hybridized carbons (Fsp3) is 0.333. The molecule has 0 aliphatic carbocycles. The van der Waals surface area contributed by atoms with Gasteiger partial charge >= 0.3 is 5.97 Å². The van der Waals surface area contributed by atoms with Crippen molar-refractivity contribution in [2.45, 2.75) is 46.8 Å². The SMILES string of the molecule is [C-]#[N+]C(C(=O)OCC)=C(c1ccc(OC(C)C)cc1)c1ccc(OC(C)C)cc1. The molecule has 0 bridgehead atoms. The van der Waals surface area contributed by atoms with Crippen LogP contribution in [-0.4, -0.2) is 24.8 Å². The van der Waals surface area contributed by atoms with Gasteiger partial charge in [-0.2, -0.15) is 0 Å². The first kappa shape index (κ1) is 22.0. The number of hydrogen-bond donors (Lipinski definition) is 0. The predicted molar refractivity (Wildman–Crippen MR) is 114 cm³/mol. The molecule has 0 radical (unpaired) electrons. The summed E-state index contributed by atoms with van der Waals surface area (Å²) in [4.78, 5) is 15.9. The monoisotopic (exact) mass is 393 g/mol. The van der Waals surface area contributed by atoms with E-state index in [1.165, 1.54) is 0 Å². The van der Waals surface area contributed by atoms with Crippen LogP contribution in [0.1, 0.15) is 45.7 Å². The van der Waals surface area contributed by atoms with Crippen LogP contribution in [0.5, 0.6) is 11.5 Å². The summed E-state index contributed by atoms with van der Waals surface area (Å²) in [5.41, 5.74) is 1.93. The number of carbonyl (C=O) groups is 1. The molecule has 29 heavy (non-hydrogen) atoms. The molecule has 5 nitrogen and oxygen atoms in total. The molecular formula is C24H27NO4. The molecule has 0 amide bonds. The Labute approximate surface area is 172 Å². The van der Waals surface area contributed by atoms with Crippen molar-refractivity contribution in [2.75, 3.05) is 6.61 Å². The molecule has 5 heteroatoms. The molecule has 0 aromatic heterocycles. The number of hydrogen-bond acceptors (Lipinski definition) is 4. The molecular weight excluding hydrogens is 366 g/mol. The Kier molecular flexibility index (Phi) is 7.85. The highest BCUT2D eigenvalue weighted by Gasteiger charge is 2.20. The third-order valence-corrected chi connectivity index (χ3v) is 3.85. The molecule has 0 saturated carbocycles. The van der Waals surface area contributed by atoms with Crippen molar-refractivity contribution in [3.63, 3.8) is 0 Å². The van der Waals surface area contributed by atoms with Gasteiger partial charge in [-0.3, -0.25) is 4.79 Å². The van der Waals surface area contributed by atoms with E-state index in [9.17, 15) is 4.79 Å². The zero-order valence-corrected chi connectivity index (χ0v) is 17.6. The zero-order valence-electron chi connectivity index (χ0n) is 17.6. The van der Waals surface area contributed by atoms with Crippen LogP contribution in [0.2, 0.25) is 0 Å². The molecule has 2 aromatic rings. The predicted octanol–water partition coefficient (Wildman–Crippen LogP) is 5.50. The van der Waals surface area contributed by atoms with Gasteiger partial charge in [-0.1, -0.05) is 24.3 Å². The van der Waals surface area contributed by atoms with E-state index in [1.807, 2.05) is 76.2 Å². The average molecular weight is 393 g/mol. The van der Waals surface area contributed by atoms with Crippen molar-refractivity contribution < 1.29 is 19.0 Å². The first-order valence-electron chi connectivity index (χ1n) is 9.68. The van der Waals surface area contributed by atoms with Gasteiger partial charge in [0.15, 0.2) is 0 Å². The lowest BCUT2D eigenvalue weighted by molar-refractivity contribution is -0.138. The summed E-state index contributed by atoms with van der Waals surface area (Å²) in [6.45, 7) is 17.3. The van der Waals surface area contributed by atoms with Crippen molar-refractivity contribution in [3.8, 4) is 11.5 Å². The minimum absolute atomic E-state index is 0.0538. The molecule has 0 N–H and O–H groups in total. The average Bonchev–Trinajstić information content (AvgIpc) is 2.67.